The first-order valence-corrected chi connectivity index (χ1v) is 5.43. The number of carbonyl (C=O) groups is 1. The Labute approximate surface area is 102 Å². The summed E-state index contributed by atoms with van der Waals surface area (Å²) in [6.45, 7) is 3.69. The molecule has 1 aromatic carbocycles. The van der Waals surface area contributed by atoms with Gasteiger partial charge in [-0.3, -0.25) is 4.79 Å². The maximum Gasteiger partial charge on any atom is 0.216 e. The first kappa shape index (κ1) is 12.9. The lowest BCUT2D eigenvalue weighted by atomic mass is 10.1. The van der Waals surface area contributed by atoms with E-state index in [-0.39, 0.29) is 11.8 Å². The van der Waals surface area contributed by atoms with Crippen LogP contribution in [-0.2, 0) is 6.42 Å². The highest BCUT2D eigenvalue weighted by Crippen LogP contribution is 2.13. The molecule has 0 bridgehead atoms. The zero-order valence-corrected chi connectivity index (χ0v) is 10.1. The number of benzene rings is 1. The van der Waals surface area contributed by atoms with Crippen molar-refractivity contribution in [1.29, 1.82) is 0 Å². The molecule has 0 radical (unpaired) electrons. The molecule has 84 valence electrons. The van der Waals surface area contributed by atoms with Gasteiger partial charge in [-0.25, -0.2) is 0 Å². The van der Waals surface area contributed by atoms with E-state index in [1.165, 1.54) is 7.85 Å². The van der Waals surface area contributed by atoms with Gasteiger partial charge in [-0.2, -0.15) is 0 Å². The van der Waals surface area contributed by atoms with Crippen molar-refractivity contribution < 1.29 is 4.79 Å². The normalized spacial score (nSPS) is 11.9. The minimum atomic E-state index is -0.144. The molecular formula is C11H15BN2OS. The number of rotatable bonds is 4. The predicted octanol–water partition coefficient (Wildman–Crippen LogP) is 1.16. The predicted molar refractivity (Wildman–Crippen MR) is 73.8 cm³/mol. The van der Waals surface area contributed by atoms with Crippen LogP contribution in [0.3, 0.4) is 0 Å². The second-order valence-corrected chi connectivity index (χ2v) is 4.25. The number of thiol groups is 1. The molecule has 3 nitrogen and oxygen atoms in total. The van der Waals surface area contributed by atoms with Gasteiger partial charge in [-0.05, 0) is 29.0 Å². The van der Waals surface area contributed by atoms with E-state index < -0.39 is 0 Å². The third-order valence-corrected chi connectivity index (χ3v) is 2.49. The number of anilines is 1. The van der Waals surface area contributed by atoms with Crippen LogP contribution in [0.15, 0.2) is 35.7 Å². The lowest BCUT2D eigenvalue weighted by Gasteiger charge is -2.11. The van der Waals surface area contributed by atoms with Gasteiger partial charge in [0.2, 0.25) is 7.85 Å². The van der Waals surface area contributed by atoms with Crippen LogP contribution in [0, 0.1) is 0 Å². The van der Waals surface area contributed by atoms with Crippen molar-refractivity contribution >= 4 is 32.0 Å². The molecule has 1 rings (SSSR count). The summed E-state index contributed by atoms with van der Waals surface area (Å²) >= 11 is 4.11. The Morgan fingerprint density at radius 2 is 2.06 bits per heavy atom. The van der Waals surface area contributed by atoms with Gasteiger partial charge in [0.05, 0.1) is 0 Å². The van der Waals surface area contributed by atoms with Crippen molar-refractivity contribution in [2.45, 2.75) is 12.5 Å². The van der Waals surface area contributed by atoms with Crippen LogP contribution in [0.25, 0.3) is 0 Å². The van der Waals surface area contributed by atoms with Crippen LogP contribution < -0.4 is 11.1 Å². The van der Waals surface area contributed by atoms with E-state index in [9.17, 15) is 4.79 Å². The topological polar surface area (TPSA) is 55.1 Å². The lowest BCUT2D eigenvalue weighted by molar-refractivity contribution is 0.269. The van der Waals surface area contributed by atoms with Crippen LogP contribution >= 0.6 is 12.6 Å². The van der Waals surface area contributed by atoms with E-state index in [1.807, 2.05) is 24.3 Å². The van der Waals surface area contributed by atoms with Gasteiger partial charge in [0.1, 0.15) is 0 Å². The summed E-state index contributed by atoms with van der Waals surface area (Å²) in [6, 6.07) is 7.43. The molecule has 1 aromatic rings. The molecule has 0 unspecified atom stereocenters. The van der Waals surface area contributed by atoms with Gasteiger partial charge in [0.25, 0.3) is 0 Å². The SMILES string of the molecule is BC(=O)Nc1ccc(C[C@H](N)C(=C)S)cc1. The minimum Gasteiger partial charge on any atom is -0.335 e. The van der Waals surface area contributed by atoms with Crippen LogP contribution in [0.1, 0.15) is 5.56 Å². The van der Waals surface area contributed by atoms with E-state index in [2.05, 4.69) is 24.5 Å². The van der Waals surface area contributed by atoms with Crippen molar-refractivity contribution in [2.24, 2.45) is 5.73 Å². The molecule has 0 aromatic heterocycles. The smallest absolute Gasteiger partial charge is 0.216 e. The quantitative estimate of drug-likeness (QED) is 0.541. The lowest BCUT2D eigenvalue weighted by Crippen LogP contribution is -2.22. The highest BCUT2D eigenvalue weighted by Gasteiger charge is 2.05. The summed E-state index contributed by atoms with van der Waals surface area (Å²) in [5.41, 5.74) is 7.70. The van der Waals surface area contributed by atoms with E-state index in [1.54, 1.807) is 0 Å². The molecule has 1 amide bonds. The average molecular weight is 234 g/mol. The summed E-state index contributed by atoms with van der Waals surface area (Å²) in [7, 11) is 1.48. The molecule has 0 heterocycles. The fourth-order valence-corrected chi connectivity index (χ4v) is 1.39. The Bertz CT molecular complexity index is 391. The molecule has 0 spiro atoms. The molecule has 0 aliphatic heterocycles. The first-order valence-electron chi connectivity index (χ1n) is 4.99. The number of carbonyl (C=O) groups excluding carboxylic acids is 1. The van der Waals surface area contributed by atoms with Crippen LogP contribution in [0.5, 0.6) is 0 Å². The Hall–Kier alpha value is -1.20. The third kappa shape index (κ3) is 4.12. The molecular weight excluding hydrogens is 219 g/mol. The monoisotopic (exact) mass is 234 g/mol. The molecule has 0 saturated heterocycles. The van der Waals surface area contributed by atoms with Gasteiger partial charge in [0.15, 0.2) is 5.81 Å². The van der Waals surface area contributed by atoms with Gasteiger partial charge in [0, 0.05) is 11.7 Å². The Morgan fingerprint density at radius 1 is 1.50 bits per heavy atom. The fourth-order valence-electron chi connectivity index (χ4n) is 1.30. The van der Waals surface area contributed by atoms with Crippen LogP contribution in [-0.4, -0.2) is 19.7 Å². The average Bonchev–Trinajstić information content (AvgIpc) is 2.20. The summed E-state index contributed by atoms with van der Waals surface area (Å²) in [5, 5.41) is 2.71. The van der Waals surface area contributed by atoms with Crippen molar-refractivity contribution in [1.82, 2.24) is 0 Å². The maximum absolute atomic E-state index is 10.8. The van der Waals surface area contributed by atoms with Crippen molar-refractivity contribution in [3.63, 3.8) is 0 Å². The summed E-state index contributed by atoms with van der Waals surface area (Å²) in [5.74, 6) is -0.0758. The summed E-state index contributed by atoms with van der Waals surface area (Å²) in [4.78, 5) is 11.5. The zero-order valence-electron chi connectivity index (χ0n) is 9.23. The summed E-state index contributed by atoms with van der Waals surface area (Å²) < 4.78 is 0. The fraction of sp³-hybridized carbons (Fsp3) is 0.182. The molecule has 1 atom stereocenters. The van der Waals surface area contributed by atoms with E-state index in [0.717, 1.165) is 11.3 Å². The van der Waals surface area contributed by atoms with Gasteiger partial charge in [-0.15, -0.1) is 12.6 Å². The summed E-state index contributed by atoms with van der Waals surface area (Å²) in [6.07, 6.45) is 0.697. The van der Waals surface area contributed by atoms with Gasteiger partial charge >= 0.3 is 0 Å². The van der Waals surface area contributed by atoms with Crippen molar-refractivity contribution in [2.75, 3.05) is 5.32 Å². The molecule has 0 fully saturated rings. The number of hydrogen-bond donors (Lipinski definition) is 3. The van der Waals surface area contributed by atoms with E-state index in [4.69, 9.17) is 5.73 Å². The Kier molecular flexibility index (Phi) is 4.64. The largest absolute Gasteiger partial charge is 0.335 e. The second-order valence-electron chi connectivity index (χ2n) is 3.68. The van der Waals surface area contributed by atoms with Crippen LogP contribution in [0.4, 0.5) is 10.5 Å². The number of hydrogen-bond acceptors (Lipinski definition) is 3. The molecule has 0 saturated carbocycles. The van der Waals surface area contributed by atoms with E-state index >= 15 is 0 Å². The maximum atomic E-state index is 10.8. The Balaban J connectivity index is 2.64. The van der Waals surface area contributed by atoms with Crippen molar-refractivity contribution in [3.05, 3.63) is 41.3 Å². The van der Waals surface area contributed by atoms with E-state index in [0.29, 0.717) is 11.3 Å². The number of amides is 1. The molecule has 0 aliphatic rings. The minimum absolute atomic E-state index is 0.0758. The van der Waals surface area contributed by atoms with Gasteiger partial charge in [-0.1, -0.05) is 18.7 Å². The van der Waals surface area contributed by atoms with Crippen molar-refractivity contribution in [3.8, 4) is 0 Å². The standard InChI is InChI=1S/C11H15BN2OS/c1-7(16)10(13)6-8-2-4-9(5-3-8)14-11(12)15/h2-5,10,16H,1,6,12-13H2,(H,14,15)/t10-/m0/s1. The van der Waals surface area contributed by atoms with Crippen LogP contribution in [0.2, 0.25) is 0 Å². The Morgan fingerprint density at radius 3 is 2.50 bits per heavy atom. The van der Waals surface area contributed by atoms with Gasteiger partial charge < -0.3 is 11.1 Å². The number of nitrogens with two attached hydrogens (primary N) is 1. The first-order chi connectivity index (χ1) is 7.49. The third-order valence-electron chi connectivity index (χ3n) is 2.16. The molecule has 0 aliphatic carbocycles. The molecule has 16 heavy (non-hydrogen) atoms. The second kappa shape index (κ2) is 5.77. The molecule has 5 heteroatoms. The number of nitrogens with one attached hydrogen (secondary N) is 1. The molecule has 3 N–H and O–H groups in total. The highest BCUT2D eigenvalue weighted by atomic mass is 32.1. The highest BCUT2D eigenvalue weighted by molar-refractivity contribution is 7.84. The zero-order chi connectivity index (χ0) is 12.1.